The van der Waals surface area contributed by atoms with E-state index in [1.807, 2.05) is 13.0 Å². The number of nitrogens with zero attached hydrogens (tertiary/aromatic N) is 1. The van der Waals surface area contributed by atoms with Gasteiger partial charge in [0, 0.05) is 24.6 Å². The van der Waals surface area contributed by atoms with Crippen LogP contribution in [0.1, 0.15) is 54.1 Å². The predicted octanol–water partition coefficient (Wildman–Crippen LogP) is 3.86. The van der Waals surface area contributed by atoms with Crippen LogP contribution in [0.15, 0.2) is 27.3 Å². The Morgan fingerprint density at radius 1 is 1.42 bits per heavy atom. The van der Waals surface area contributed by atoms with Gasteiger partial charge in [-0.3, -0.25) is 9.69 Å². The Balaban J connectivity index is 1.62. The van der Waals surface area contributed by atoms with Gasteiger partial charge in [0.2, 0.25) is 0 Å². The van der Waals surface area contributed by atoms with Crippen molar-refractivity contribution in [2.24, 2.45) is 0 Å². The first-order chi connectivity index (χ1) is 11.7. The van der Waals surface area contributed by atoms with Crippen LogP contribution in [-0.2, 0) is 19.4 Å². The molecule has 0 aromatic carbocycles. The Hall–Kier alpha value is -1.59. The van der Waals surface area contributed by atoms with Crippen LogP contribution in [0.4, 0.5) is 0 Å². The van der Waals surface area contributed by atoms with Crippen molar-refractivity contribution in [2.75, 3.05) is 13.1 Å². The van der Waals surface area contributed by atoms with Crippen LogP contribution < -0.4 is 5.32 Å². The summed E-state index contributed by atoms with van der Waals surface area (Å²) in [5, 5.41) is 7.24. The highest BCUT2D eigenvalue weighted by molar-refractivity contribution is 7.07. The molecule has 1 unspecified atom stereocenters. The molecule has 2 aromatic heterocycles. The van der Waals surface area contributed by atoms with E-state index in [4.69, 9.17) is 4.42 Å². The number of likely N-dealkylation sites (tertiary alicyclic amines) is 1. The average molecular weight is 346 g/mol. The Labute approximate surface area is 147 Å². The molecule has 3 heterocycles. The molecule has 0 bridgehead atoms. The number of carbonyl (C=O) groups excluding carboxylic acids is 1. The van der Waals surface area contributed by atoms with Crippen molar-refractivity contribution in [1.82, 2.24) is 10.2 Å². The molecule has 0 spiro atoms. The highest BCUT2D eigenvalue weighted by Crippen LogP contribution is 2.21. The molecule has 1 fully saturated rings. The van der Waals surface area contributed by atoms with Crippen LogP contribution in [-0.4, -0.2) is 29.9 Å². The van der Waals surface area contributed by atoms with Gasteiger partial charge in [-0.05, 0) is 67.7 Å². The van der Waals surface area contributed by atoms with E-state index in [-0.39, 0.29) is 11.9 Å². The summed E-state index contributed by atoms with van der Waals surface area (Å²) in [4.78, 5) is 14.9. The first-order valence-corrected chi connectivity index (χ1v) is 9.76. The number of amides is 1. The first-order valence-electron chi connectivity index (χ1n) is 8.81. The molecule has 1 aliphatic rings. The molecule has 4 nitrogen and oxygen atoms in total. The second kappa shape index (κ2) is 7.99. The van der Waals surface area contributed by atoms with Gasteiger partial charge in [0.15, 0.2) is 5.76 Å². The molecule has 24 heavy (non-hydrogen) atoms. The number of carbonyl (C=O) groups is 1. The highest BCUT2D eigenvalue weighted by atomic mass is 32.1. The van der Waals surface area contributed by atoms with E-state index in [1.54, 1.807) is 11.3 Å². The fourth-order valence-electron chi connectivity index (χ4n) is 3.30. The zero-order valence-electron chi connectivity index (χ0n) is 14.5. The Morgan fingerprint density at radius 3 is 2.88 bits per heavy atom. The molecule has 1 saturated heterocycles. The topological polar surface area (TPSA) is 45.5 Å². The summed E-state index contributed by atoms with van der Waals surface area (Å²) in [7, 11) is 0. The molecular formula is C19H26N2O2S. The summed E-state index contributed by atoms with van der Waals surface area (Å²) < 4.78 is 5.84. The number of rotatable bonds is 7. The third-order valence-electron chi connectivity index (χ3n) is 4.53. The molecule has 1 N–H and O–H groups in total. The SMILES string of the molecule is CCc1oc(C(=O)NC(C)Cc2ccsc2)cc1CN1CCCC1. The third-order valence-corrected chi connectivity index (χ3v) is 5.27. The van der Waals surface area contributed by atoms with Crippen LogP contribution in [0.3, 0.4) is 0 Å². The highest BCUT2D eigenvalue weighted by Gasteiger charge is 2.20. The van der Waals surface area contributed by atoms with Crippen LogP contribution in [0, 0.1) is 0 Å². The maximum absolute atomic E-state index is 12.5. The number of furan rings is 1. The molecule has 0 saturated carbocycles. The maximum atomic E-state index is 12.5. The quantitative estimate of drug-likeness (QED) is 0.828. The van der Waals surface area contributed by atoms with E-state index in [1.165, 1.54) is 18.4 Å². The molecule has 130 valence electrons. The Morgan fingerprint density at radius 2 is 2.21 bits per heavy atom. The monoisotopic (exact) mass is 346 g/mol. The summed E-state index contributed by atoms with van der Waals surface area (Å²) in [6.07, 6.45) is 4.21. The van der Waals surface area contributed by atoms with Gasteiger partial charge in [0.05, 0.1) is 0 Å². The minimum Gasteiger partial charge on any atom is -0.456 e. The molecule has 2 aromatic rings. The number of aryl methyl sites for hydroxylation is 1. The van der Waals surface area contributed by atoms with Crippen molar-refractivity contribution < 1.29 is 9.21 Å². The van der Waals surface area contributed by atoms with E-state index in [0.29, 0.717) is 5.76 Å². The van der Waals surface area contributed by atoms with E-state index in [9.17, 15) is 4.79 Å². The van der Waals surface area contributed by atoms with Gasteiger partial charge >= 0.3 is 0 Å². The Bertz CT molecular complexity index is 657. The molecule has 5 heteroatoms. The second-order valence-electron chi connectivity index (χ2n) is 6.61. The van der Waals surface area contributed by atoms with Crippen LogP contribution >= 0.6 is 11.3 Å². The minimum absolute atomic E-state index is 0.0873. The number of hydrogen-bond acceptors (Lipinski definition) is 4. The molecule has 0 aliphatic carbocycles. The normalized spacial score (nSPS) is 16.4. The number of nitrogens with one attached hydrogen (secondary N) is 1. The molecular weight excluding hydrogens is 320 g/mol. The molecule has 0 radical (unpaired) electrons. The zero-order valence-corrected chi connectivity index (χ0v) is 15.3. The number of thiophene rings is 1. The summed E-state index contributed by atoms with van der Waals surface area (Å²) in [6.45, 7) is 7.29. The average Bonchev–Trinajstić information content (AvgIpc) is 3.29. The smallest absolute Gasteiger partial charge is 0.287 e. The Kier molecular flexibility index (Phi) is 5.74. The summed E-state index contributed by atoms with van der Waals surface area (Å²) in [5.74, 6) is 1.27. The van der Waals surface area contributed by atoms with E-state index in [0.717, 1.165) is 43.8 Å². The first kappa shape index (κ1) is 17.2. The van der Waals surface area contributed by atoms with Gasteiger partial charge in [0.1, 0.15) is 5.76 Å². The van der Waals surface area contributed by atoms with Crippen molar-refractivity contribution in [1.29, 1.82) is 0 Å². The summed E-state index contributed by atoms with van der Waals surface area (Å²) >= 11 is 1.68. The van der Waals surface area contributed by atoms with Gasteiger partial charge in [-0.25, -0.2) is 0 Å². The molecule has 3 rings (SSSR count). The van der Waals surface area contributed by atoms with Crippen molar-refractivity contribution >= 4 is 17.2 Å². The van der Waals surface area contributed by atoms with Gasteiger partial charge in [0.25, 0.3) is 5.91 Å². The van der Waals surface area contributed by atoms with Crippen molar-refractivity contribution in [2.45, 2.75) is 52.1 Å². The van der Waals surface area contributed by atoms with E-state index in [2.05, 4.69) is 34.0 Å². The lowest BCUT2D eigenvalue weighted by Crippen LogP contribution is -2.33. The lowest BCUT2D eigenvalue weighted by Gasteiger charge is -2.13. The third kappa shape index (κ3) is 4.28. The van der Waals surface area contributed by atoms with E-state index < -0.39 is 0 Å². The van der Waals surface area contributed by atoms with Crippen LogP contribution in [0.5, 0.6) is 0 Å². The van der Waals surface area contributed by atoms with Crippen molar-refractivity contribution in [3.63, 3.8) is 0 Å². The second-order valence-corrected chi connectivity index (χ2v) is 7.39. The van der Waals surface area contributed by atoms with Crippen LogP contribution in [0.25, 0.3) is 0 Å². The molecule has 1 amide bonds. The maximum Gasteiger partial charge on any atom is 0.287 e. The largest absolute Gasteiger partial charge is 0.456 e. The minimum atomic E-state index is -0.111. The van der Waals surface area contributed by atoms with E-state index >= 15 is 0 Å². The van der Waals surface area contributed by atoms with Crippen molar-refractivity contribution in [3.8, 4) is 0 Å². The summed E-state index contributed by atoms with van der Waals surface area (Å²) in [5.41, 5.74) is 2.42. The fraction of sp³-hybridized carbons (Fsp3) is 0.526. The van der Waals surface area contributed by atoms with Gasteiger partial charge < -0.3 is 9.73 Å². The molecule has 1 atom stereocenters. The van der Waals surface area contributed by atoms with Gasteiger partial charge in [-0.2, -0.15) is 11.3 Å². The molecule has 1 aliphatic heterocycles. The number of hydrogen-bond donors (Lipinski definition) is 1. The zero-order chi connectivity index (χ0) is 16.9. The summed E-state index contributed by atoms with van der Waals surface area (Å²) in [6, 6.07) is 4.12. The predicted molar refractivity (Wildman–Crippen MR) is 97.5 cm³/mol. The lowest BCUT2D eigenvalue weighted by atomic mass is 10.1. The standard InChI is InChI=1S/C19H26N2O2S/c1-3-17-16(12-21-7-4-5-8-21)11-18(23-17)19(22)20-14(2)10-15-6-9-24-13-15/h6,9,11,13-14H,3-5,7-8,10,12H2,1-2H3,(H,20,22). The fourth-order valence-corrected chi connectivity index (χ4v) is 3.98. The van der Waals surface area contributed by atoms with Crippen LogP contribution in [0.2, 0.25) is 0 Å². The van der Waals surface area contributed by atoms with Gasteiger partial charge in [-0.1, -0.05) is 6.92 Å². The van der Waals surface area contributed by atoms with Crippen molar-refractivity contribution in [3.05, 3.63) is 45.5 Å². The lowest BCUT2D eigenvalue weighted by molar-refractivity contribution is 0.0910. The van der Waals surface area contributed by atoms with Gasteiger partial charge in [-0.15, -0.1) is 0 Å².